The second-order valence-electron chi connectivity index (χ2n) is 3.96. The van der Waals surface area contributed by atoms with E-state index < -0.39 is 11.7 Å². The number of nitrogens with zero attached hydrogens (tertiary/aromatic N) is 2. The van der Waals surface area contributed by atoms with Gasteiger partial charge in [0.25, 0.3) is 0 Å². The molecule has 20 heavy (non-hydrogen) atoms. The molecule has 0 amide bonds. The third-order valence-electron chi connectivity index (χ3n) is 2.49. The van der Waals surface area contributed by atoms with Crippen molar-refractivity contribution in [3.05, 3.63) is 53.7 Å². The lowest BCUT2D eigenvalue weighted by Gasteiger charge is -2.08. The Morgan fingerprint density at radius 2 is 1.80 bits per heavy atom. The lowest BCUT2D eigenvalue weighted by molar-refractivity contribution is -0.137. The first-order valence-electron chi connectivity index (χ1n) is 5.66. The zero-order valence-electron chi connectivity index (χ0n) is 10.2. The molecule has 0 fully saturated rings. The minimum Gasteiger partial charge on any atom is -0.439 e. The highest BCUT2D eigenvalue weighted by molar-refractivity contribution is 5.32. The molecule has 6 heteroatoms. The van der Waals surface area contributed by atoms with Crippen LogP contribution in [0.15, 0.2) is 42.6 Å². The number of ether oxygens (including phenoxy) is 1. The van der Waals surface area contributed by atoms with Crippen molar-refractivity contribution in [3.63, 3.8) is 0 Å². The van der Waals surface area contributed by atoms with Gasteiger partial charge in [0.1, 0.15) is 5.75 Å². The molecule has 3 nitrogen and oxygen atoms in total. The fourth-order valence-electron chi connectivity index (χ4n) is 1.50. The van der Waals surface area contributed by atoms with Gasteiger partial charge < -0.3 is 4.74 Å². The van der Waals surface area contributed by atoms with E-state index in [1.807, 2.05) is 6.07 Å². The molecular weight excluding hydrogens is 269 g/mol. The maximum Gasteiger partial charge on any atom is 0.417 e. The molecule has 0 unspecified atom stereocenters. The Labute approximate surface area is 113 Å². The number of pyridine rings is 1. The highest BCUT2D eigenvalue weighted by atomic mass is 19.4. The van der Waals surface area contributed by atoms with Crippen LogP contribution >= 0.6 is 0 Å². The van der Waals surface area contributed by atoms with E-state index >= 15 is 0 Å². The Balaban J connectivity index is 2.08. The van der Waals surface area contributed by atoms with E-state index in [2.05, 4.69) is 4.98 Å². The molecule has 0 spiro atoms. The molecule has 0 atom stereocenters. The number of benzene rings is 1. The molecule has 0 aliphatic heterocycles. The van der Waals surface area contributed by atoms with Crippen LogP contribution in [0.5, 0.6) is 11.6 Å². The predicted octanol–water partition coefficient (Wildman–Crippen LogP) is 3.96. The molecule has 2 rings (SSSR count). The van der Waals surface area contributed by atoms with Crippen LogP contribution < -0.4 is 4.74 Å². The fourth-order valence-corrected chi connectivity index (χ4v) is 1.50. The topological polar surface area (TPSA) is 45.9 Å². The Hall–Kier alpha value is -2.55. The highest BCUT2D eigenvalue weighted by Crippen LogP contribution is 2.30. The molecule has 0 radical (unpaired) electrons. The first-order valence-corrected chi connectivity index (χ1v) is 5.66. The van der Waals surface area contributed by atoms with Crippen molar-refractivity contribution >= 4 is 0 Å². The lowest BCUT2D eigenvalue weighted by Crippen LogP contribution is -2.05. The van der Waals surface area contributed by atoms with Crippen LogP contribution in [0.4, 0.5) is 13.2 Å². The maximum absolute atomic E-state index is 12.4. The van der Waals surface area contributed by atoms with E-state index in [0.29, 0.717) is 12.2 Å². The van der Waals surface area contributed by atoms with Crippen molar-refractivity contribution in [1.29, 1.82) is 5.26 Å². The molecule has 1 aromatic carbocycles. The Bertz CT molecular complexity index is 613. The minimum absolute atomic E-state index is 0.0750. The zero-order chi connectivity index (χ0) is 14.6. The monoisotopic (exact) mass is 278 g/mol. The molecule has 0 aliphatic rings. The summed E-state index contributed by atoms with van der Waals surface area (Å²) in [6.45, 7) is 0. The summed E-state index contributed by atoms with van der Waals surface area (Å²) >= 11 is 0. The van der Waals surface area contributed by atoms with Gasteiger partial charge in [-0.05, 0) is 23.8 Å². The van der Waals surface area contributed by atoms with Gasteiger partial charge in [0.15, 0.2) is 0 Å². The van der Waals surface area contributed by atoms with E-state index in [-0.39, 0.29) is 5.88 Å². The van der Waals surface area contributed by atoms with E-state index in [1.54, 1.807) is 24.3 Å². The fraction of sp³-hybridized carbons (Fsp3) is 0.143. The third-order valence-corrected chi connectivity index (χ3v) is 2.49. The van der Waals surface area contributed by atoms with Gasteiger partial charge in [0.2, 0.25) is 5.88 Å². The SMILES string of the molecule is N#CCc1ccc(Oc2ccc(C(F)(F)F)cn2)cc1. The second-order valence-corrected chi connectivity index (χ2v) is 3.96. The van der Waals surface area contributed by atoms with Crippen LogP contribution in [0, 0.1) is 11.3 Å². The second kappa shape index (κ2) is 5.61. The van der Waals surface area contributed by atoms with E-state index in [0.717, 1.165) is 23.9 Å². The van der Waals surface area contributed by atoms with Gasteiger partial charge >= 0.3 is 6.18 Å². The van der Waals surface area contributed by atoms with Gasteiger partial charge in [-0.2, -0.15) is 18.4 Å². The molecule has 0 aliphatic carbocycles. The van der Waals surface area contributed by atoms with Gasteiger partial charge in [-0.3, -0.25) is 0 Å². The highest BCUT2D eigenvalue weighted by Gasteiger charge is 2.30. The van der Waals surface area contributed by atoms with Crippen molar-refractivity contribution in [2.75, 3.05) is 0 Å². The molecule has 0 bridgehead atoms. The van der Waals surface area contributed by atoms with Crippen molar-refractivity contribution in [2.45, 2.75) is 12.6 Å². The molecule has 1 aromatic heterocycles. The summed E-state index contributed by atoms with van der Waals surface area (Å²) in [6, 6.07) is 10.8. The standard InChI is InChI=1S/C14H9F3N2O/c15-14(16,17)11-3-6-13(19-9-11)20-12-4-1-10(2-5-12)7-8-18/h1-6,9H,7H2. The predicted molar refractivity (Wildman–Crippen MR) is 65.1 cm³/mol. The number of alkyl halides is 3. The zero-order valence-corrected chi connectivity index (χ0v) is 10.2. The summed E-state index contributed by atoms with van der Waals surface area (Å²) in [4.78, 5) is 3.60. The maximum atomic E-state index is 12.4. The Morgan fingerprint density at radius 1 is 1.10 bits per heavy atom. The number of aromatic nitrogens is 1. The summed E-state index contributed by atoms with van der Waals surface area (Å²) in [5, 5.41) is 8.53. The van der Waals surface area contributed by atoms with Gasteiger partial charge in [-0.25, -0.2) is 4.98 Å². The van der Waals surface area contributed by atoms with E-state index in [4.69, 9.17) is 10.00 Å². The average molecular weight is 278 g/mol. The largest absolute Gasteiger partial charge is 0.439 e. The van der Waals surface area contributed by atoms with Crippen LogP contribution in [-0.2, 0) is 12.6 Å². The molecule has 0 saturated heterocycles. The number of nitriles is 1. The minimum atomic E-state index is -4.41. The third kappa shape index (κ3) is 3.48. The quantitative estimate of drug-likeness (QED) is 0.853. The van der Waals surface area contributed by atoms with Crippen molar-refractivity contribution in [3.8, 4) is 17.7 Å². The van der Waals surface area contributed by atoms with Crippen LogP contribution in [0.1, 0.15) is 11.1 Å². The number of hydrogen-bond acceptors (Lipinski definition) is 3. The Morgan fingerprint density at radius 3 is 2.30 bits per heavy atom. The molecule has 102 valence electrons. The summed E-state index contributed by atoms with van der Waals surface area (Å²) in [7, 11) is 0. The van der Waals surface area contributed by atoms with Crippen LogP contribution in [0.25, 0.3) is 0 Å². The van der Waals surface area contributed by atoms with E-state index in [1.165, 1.54) is 0 Å². The summed E-state index contributed by atoms with van der Waals surface area (Å²) in [5.41, 5.74) is 0.00875. The van der Waals surface area contributed by atoms with Crippen LogP contribution in [-0.4, -0.2) is 4.98 Å². The smallest absolute Gasteiger partial charge is 0.417 e. The summed E-state index contributed by atoms with van der Waals surface area (Å²) < 4.78 is 42.4. The van der Waals surface area contributed by atoms with Crippen LogP contribution in [0.2, 0.25) is 0 Å². The van der Waals surface area contributed by atoms with E-state index in [9.17, 15) is 13.2 Å². The molecule has 0 N–H and O–H groups in total. The Kier molecular flexibility index (Phi) is 3.89. The molecule has 2 aromatic rings. The van der Waals surface area contributed by atoms with Gasteiger partial charge in [-0.1, -0.05) is 12.1 Å². The molecule has 1 heterocycles. The van der Waals surface area contributed by atoms with Gasteiger partial charge in [-0.15, -0.1) is 0 Å². The molecule has 0 saturated carbocycles. The van der Waals surface area contributed by atoms with Gasteiger partial charge in [0.05, 0.1) is 18.1 Å². The van der Waals surface area contributed by atoms with Gasteiger partial charge in [0, 0.05) is 12.3 Å². The lowest BCUT2D eigenvalue weighted by atomic mass is 10.2. The number of hydrogen-bond donors (Lipinski definition) is 0. The van der Waals surface area contributed by atoms with Crippen molar-refractivity contribution < 1.29 is 17.9 Å². The number of rotatable bonds is 3. The van der Waals surface area contributed by atoms with Crippen molar-refractivity contribution in [2.24, 2.45) is 0 Å². The summed E-state index contributed by atoms with van der Waals surface area (Å²) in [5.74, 6) is 0.519. The van der Waals surface area contributed by atoms with Crippen LogP contribution in [0.3, 0.4) is 0 Å². The van der Waals surface area contributed by atoms with Crippen molar-refractivity contribution in [1.82, 2.24) is 4.98 Å². The number of halogens is 3. The first kappa shape index (κ1) is 13.9. The first-order chi connectivity index (χ1) is 9.49. The molecular formula is C14H9F3N2O. The normalized spacial score (nSPS) is 10.9. The average Bonchev–Trinajstić information content (AvgIpc) is 2.41. The summed E-state index contributed by atoms with van der Waals surface area (Å²) in [6.07, 6.45) is -3.40.